The van der Waals surface area contributed by atoms with Crippen LogP contribution in [0.4, 0.5) is 0 Å². The zero-order valence-electron chi connectivity index (χ0n) is 16.9. The number of nitrogens with zero attached hydrogens (tertiary/aromatic N) is 2. The first-order chi connectivity index (χ1) is 14.5. The molecule has 3 N–H and O–H groups in total. The number of ketones is 1. The van der Waals surface area contributed by atoms with E-state index in [1.54, 1.807) is 36.4 Å². The molecule has 2 aromatic carbocycles. The Balaban J connectivity index is 1.53. The summed E-state index contributed by atoms with van der Waals surface area (Å²) in [5.74, 6) is 1.44. The highest BCUT2D eigenvalue weighted by molar-refractivity contribution is 6.10. The lowest BCUT2D eigenvalue weighted by Gasteiger charge is -2.13. The number of benzene rings is 2. The van der Waals surface area contributed by atoms with E-state index in [9.17, 15) is 9.90 Å². The number of nitrogens with one attached hydrogen (secondary N) is 2. The highest BCUT2D eigenvalue weighted by Crippen LogP contribution is 2.25. The third-order valence-corrected chi connectivity index (χ3v) is 4.81. The third-order valence-electron chi connectivity index (χ3n) is 4.81. The van der Waals surface area contributed by atoms with Gasteiger partial charge in [0.05, 0.1) is 11.0 Å². The number of aromatic nitrogens is 2. The number of hydrogen-bond donors (Lipinski definition) is 3. The van der Waals surface area contributed by atoms with Crippen molar-refractivity contribution in [2.45, 2.75) is 6.23 Å². The first-order valence-electron chi connectivity index (χ1n) is 9.77. The normalized spacial score (nSPS) is 12.5. The van der Waals surface area contributed by atoms with Crippen molar-refractivity contribution in [3.8, 4) is 11.6 Å². The minimum absolute atomic E-state index is 0.0409. The quantitative estimate of drug-likeness (QED) is 0.308. The molecule has 2 heterocycles. The van der Waals surface area contributed by atoms with Gasteiger partial charge in [0.2, 0.25) is 0 Å². The number of furan rings is 1. The van der Waals surface area contributed by atoms with Crippen molar-refractivity contribution in [2.75, 3.05) is 27.2 Å². The number of carbonyl (C=O) groups is 1. The Labute approximate surface area is 174 Å². The minimum atomic E-state index is -0.891. The largest absolute Gasteiger partial charge is 0.454 e. The summed E-state index contributed by atoms with van der Waals surface area (Å²) in [5, 5.41) is 13.3. The first kappa shape index (κ1) is 20.0. The maximum Gasteiger partial charge on any atom is 0.193 e. The second-order valence-electron chi connectivity index (χ2n) is 7.37. The number of aromatic amines is 1. The van der Waals surface area contributed by atoms with Gasteiger partial charge in [0.25, 0.3) is 0 Å². The molecule has 4 rings (SSSR count). The van der Waals surface area contributed by atoms with Crippen LogP contribution in [0.2, 0.25) is 0 Å². The summed E-state index contributed by atoms with van der Waals surface area (Å²) in [7, 11) is 3.94. The lowest BCUT2D eigenvalue weighted by Crippen LogP contribution is -2.29. The molecule has 0 spiro atoms. The summed E-state index contributed by atoms with van der Waals surface area (Å²) >= 11 is 0. The number of aliphatic hydroxyl groups is 1. The molecule has 0 aliphatic rings. The Hall–Kier alpha value is -3.26. The van der Waals surface area contributed by atoms with Gasteiger partial charge in [-0.15, -0.1) is 0 Å². The van der Waals surface area contributed by atoms with E-state index < -0.39 is 6.23 Å². The Morgan fingerprint density at radius 3 is 2.70 bits per heavy atom. The van der Waals surface area contributed by atoms with Gasteiger partial charge in [-0.1, -0.05) is 30.3 Å². The van der Waals surface area contributed by atoms with E-state index in [1.807, 2.05) is 43.3 Å². The van der Waals surface area contributed by atoms with Gasteiger partial charge in [0, 0.05) is 24.2 Å². The van der Waals surface area contributed by atoms with Gasteiger partial charge in [0.1, 0.15) is 5.76 Å². The van der Waals surface area contributed by atoms with E-state index in [0.29, 0.717) is 35.0 Å². The lowest BCUT2D eigenvalue weighted by molar-refractivity contribution is 0.103. The fraction of sp³-hybridized carbons (Fsp3) is 0.217. The number of fused-ring (bicyclic) bond motifs is 1. The number of likely N-dealkylation sites (N-methyl/N-ethyl adjacent to an activating group) is 1. The van der Waals surface area contributed by atoms with Crippen LogP contribution in [0.3, 0.4) is 0 Å². The zero-order valence-corrected chi connectivity index (χ0v) is 16.9. The van der Waals surface area contributed by atoms with Crippen LogP contribution in [0, 0.1) is 0 Å². The van der Waals surface area contributed by atoms with Crippen molar-refractivity contribution in [3.05, 3.63) is 77.6 Å². The molecule has 154 valence electrons. The SMILES string of the molecule is CN(C)CCNC(O)c1ccc(-c2nc3ccc(C(=O)c4ccccc4)cc3[nH]2)o1. The van der Waals surface area contributed by atoms with Crippen LogP contribution in [0.15, 0.2) is 65.1 Å². The van der Waals surface area contributed by atoms with Crippen molar-refractivity contribution < 1.29 is 14.3 Å². The van der Waals surface area contributed by atoms with Crippen LogP contribution in [0.5, 0.6) is 0 Å². The van der Waals surface area contributed by atoms with Crippen molar-refractivity contribution in [3.63, 3.8) is 0 Å². The summed E-state index contributed by atoms with van der Waals surface area (Å²) in [6, 6.07) is 18.0. The molecule has 1 atom stereocenters. The molecule has 0 saturated heterocycles. The van der Waals surface area contributed by atoms with Crippen LogP contribution in [0.25, 0.3) is 22.6 Å². The third kappa shape index (κ3) is 4.33. The van der Waals surface area contributed by atoms with E-state index in [-0.39, 0.29) is 5.78 Å². The molecule has 0 radical (unpaired) electrons. The molecule has 0 aliphatic carbocycles. The van der Waals surface area contributed by atoms with Gasteiger partial charge < -0.3 is 19.4 Å². The molecular weight excluding hydrogens is 380 g/mol. The van der Waals surface area contributed by atoms with Crippen LogP contribution in [0.1, 0.15) is 27.9 Å². The summed E-state index contributed by atoms with van der Waals surface area (Å²) in [6.07, 6.45) is -0.891. The van der Waals surface area contributed by atoms with Gasteiger partial charge in [-0.3, -0.25) is 10.1 Å². The Morgan fingerprint density at radius 2 is 1.93 bits per heavy atom. The summed E-state index contributed by atoms with van der Waals surface area (Å²) in [4.78, 5) is 22.5. The zero-order chi connectivity index (χ0) is 21.1. The fourth-order valence-electron chi connectivity index (χ4n) is 3.18. The molecule has 4 aromatic rings. The molecule has 7 heteroatoms. The highest BCUT2D eigenvalue weighted by atomic mass is 16.4. The van der Waals surface area contributed by atoms with E-state index in [1.165, 1.54) is 0 Å². The van der Waals surface area contributed by atoms with E-state index in [2.05, 4.69) is 15.3 Å². The van der Waals surface area contributed by atoms with E-state index >= 15 is 0 Å². The number of H-pyrrole nitrogens is 1. The standard InChI is InChI=1S/C23H24N4O3/c1-27(2)13-12-24-23(29)20-11-10-19(30-20)22-25-17-9-8-16(14-18(17)26-22)21(28)15-6-4-3-5-7-15/h3-11,14,23-24,29H,12-13H2,1-2H3,(H,25,26). The maximum absolute atomic E-state index is 12.7. The first-order valence-corrected chi connectivity index (χ1v) is 9.77. The monoisotopic (exact) mass is 404 g/mol. The van der Waals surface area contributed by atoms with E-state index in [4.69, 9.17) is 4.42 Å². The van der Waals surface area contributed by atoms with Crippen molar-refractivity contribution in [1.29, 1.82) is 0 Å². The molecule has 0 saturated carbocycles. The summed E-state index contributed by atoms with van der Waals surface area (Å²) in [5.41, 5.74) is 2.71. The maximum atomic E-state index is 12.7. The lowest BCUT2D eigenvalue weighted by atomic mass is 10.0. The van der Waals surface area contributed by atoms with Gasteiger partial charge >= 0.3 is 0 Å². The van der Waals surface area contributed by atoms with Crippen LogP contribution in [-0.4, -0.2) is 52.9 Å². The van der Waals surface area contributed by atoms with Crippen molar-refractivity contribution in [1.82, 2.24) is 20.2 Å². The Morgan fingerprint density at radius 1 is 1.13 bits per heavy atom. The molecule has 0 bridgehead atoms. The van der Waals surface area contributed by atoms with Gasteiger partial charge in [-0.25, -0.2) is 4.98 Å². The Kier molecular flexibility index (Phi) is 5.76. The average Bonchev–Trinajstić information content (AvgIpc) is 3.40. The number of hydrogen-bond acceptors (Lipinski definition) is 6. The summed E-state index contributed by atoms with van der Waals surface area (Å²) < 4.78 is 5.78. The molecule has 0 amide bonds. The second-order valence-corrected chi connectivity index (χ2v) is 7.37. The minimum Gasteiger partial charge on any atom is -0.454 e. The molecule has 2 aromatic heterocycles. The van der Waals surface area contributed by atoms with Gasteiger partial charge in [0.15, 0.2) is 23.6 Å². The van der Waals surface area contributed by atoms with Crippen LogP contribution >= 0.6 is 0 Å². The van der Waals surface area contributed by atoms with E-state index in [0.717, 1.165) is 17.6 Å². The summed E-state index contributed by atoms with van der Waals surface area (Å²) in [6.45, 7) is 1.44. The smallest absolute Gasteiger partial charge is 0.193 e. The predicted octanol–water partition coefficient (Wildman–Crippen LogP) is 3.20. The molecule has 0 fully saturated rings. The molecule has 30 heavy (non-hydrogen) atoms. The second kappa shape index (κ2) is 8.62. The molecule has 7 nitrogen and oxygen atoms in total. The highest BCUT2D eigenvalue weighted by Gasteiger charge is 2.16. The van der Waals surface area contributed by atoms with Gasteiger partial charge in [-0.2, -0.15) is 0 Å². The Bertz CT molecular complexity index is 1150. The fourth-order valence-corrected chi connectivity index (χ4v) is 3.18. The van der Waals surface area contributed by atoms with Crippen molar-refractivity contribution in [2.24, 2.45) is 0 Å². The van der Waals surface area contributed by atoms with Crippen LogP contribution < -0.4 is 5.32 Å². The molecule has 1 unspecified atom stereocenters. The van der Waals surface area contributed by atoms with Gasteiger partial charge in [-0.05, 0) is 44.4 Å². The average molecular weight is 404 g/mol. The molecule has 0 aliphatic heterocycles. The van der Waals surface area contributed by atoms with Crippen LogP contribution in [-0.2, 0) is 0 Å². The number of imidazole rings is 1. The number of carbonyl (C=O) groups excluding carboxylic acids is 1. The predicted molar refractivity (Wildman–Crippen MR) is 115 cm³/mol. The topological polar surface area (TPSA) is 94.4 Å². The number of rotatable bonds is 8. The molecular formula is C23H24N4O3. The van der Waals surface area contributed by atoms with Crippen molar-refractivity contribution >= 4 is 16.8 Å². The number of aliphatic hydroxyl groups excluding tert-OH is 1.